The molecule has 4 rings (SSSR count). The summed E-state index contributed by atoms with van der Waals surface area (Å²) in [6, 6.07) is 17.8. The predicted octanol–water partition coefficient (Wildman–Crippen LogP) is 4.99. The van der Waals surface area contributed by atoms with Crippen LogP contribution >= 0.6 is 0 Å². The van der Waals surface area contributed by atoms with Crippen LogP contribution in [0.3, 0.4) is 0 Å². The smallest absolute Gasteiger partial charge is 0.300 e. The number of ether oxygens (including phenoxy) is 2. The number of benzene rings is 3. The van der Waals surface area contributed by atoms with Crippen LogP contribution in [0.5, 0.6) is 11.5 Å². The van der Waals surface area contributed by atoms with Crippen LogP contribution in [-0.2, 0) is 14.4 Å². The zero-order valence-corrected chi connectivity index (χ0v) is 21.1. The number of amides is 2. The molecule has 0 aliphatic carbocycles. The second kappa shape index (κ2) is 10.6. The summed E-state index contributed by atoms with van der Waals surface area (Å²) in [5.74, 6) is -0.874. The summed E-state index contributed by atoms with van der Waals surface area (Å²) in [4.78, 5) is 39.5. The molecule has 1 saturated heterocycles. The summed E-state index contributed by atoms with van der Waals surface area (Å²) in [6.07, 6.45) is 0. The van der Waals surface area contributed by atoms with Crippen molar-refractivity contribution in [3.05, 3.63) is 89.0 Å². The number of Topliss-reactive ketones (excluding diaryl/α,β-unsaturated/α-hetero) is 1. The lowest BCUT2D eigenvalue weighted by atomic mass is 9.94. The molecule has 0 radical (unpaired) electrons. The summed E-state index contributed by atoms with van der Waals surface area (Å²) in [7, 11) is 1.53. The third-order valence-electron chi connectivity index (χ3n) is 6.07. The van der Waals surface area contributed by atoms with Crippen LogP contribution in [0.2, 0.25) is 0 Å². The highest BCUT2D eigenvalue weighted by Crippen LogP contribution is 2.43. The Balaban J connectivity index is 1.88. The average Bonchev–Trinajstić information content (AvgIpc) is 3.15. The van der Waals surface area contributed by atoms with E-state index < -0.39 is 17.7 Å². The van der Waals surface area contributed by atoms with Crippen LogP contribution in [0.4, 0.5) is 11.4 Å². The van der Waals surface area contributed by atoms with Gasteiger partial charge in [0.1, 0.15) is 17.3 Å². The number of ketones is 1. The Morgan fingerprint density at radius 2 is 1.78 bits per heavy atom. The van der Waals surface area contributed by atoms with E-state index in [1.54, 1.807) is 66.7 Å². The highest BCUT2D eigenvalue weighted by atomic mass is 16.5. The van der Waals surface area contributed by atoms with E-state index in [0.717, 1.165) is 5.56 Å². The van der Waals surface area contributed by atoms with E-state index >= 15 is 0 Å². The molecule has 1 unspecified atom stereocenters. The normalized spacial score (nSPS) is 16.5. The Morgan fingerprint density at radius 3 is 2.41 bits per heavy atom. The maximum Gasteiger partial charge on any atom is 0.300 e. The fourth-order valence-electron chi connectivity index (χ4n) is 4.40. The van der Waals surface area contributed by atoms with Crippen LogP contribution in [0.1, 0.15) is 36.6 Å². The monoisotopic (exact) mass is 500 g/mol. The average molecular weight is 501 g/mol. The summed E-state index contributed by atoms with van der Waals surface area (Å²) >= 11 is 0. The Morgan fingerprint density at radius 1 is 1.05 bits per heavy atom. The van der Waals surface area contributed by atoms with Crippen LogP contribution < -0.4 is 19.7 Å². The maximum absolute atomic E-state index is 13.4. The molecule has 190 valence electrons. The maximum atomic E-state index is 13.4. The van der Waals surface area contributed by atoms with Gasteiger partial charge < -0.3 is 19.9 Å². The van der Waals surface area contributed by atoms with Gasteiger partial charge in [-0.2, -0.15) is 0 Å². The van der Waals surface area contributed by atoms with Gasteiger partial charge in [-0.1, -0.05) is 12.1 Å². The number of aryl methyl sites for hydroxylation is 1. The molecule has 0 aromatic heterocycles. The molecule has 37 heavy (non-hydrogen) atoms. The summed E-state index contributed by atoms with van der Waals surface area (Å²) in [5, 5.41) is 14.1. The fraction of sp³-hybridized carbons (Fsp3) is 0.207. The standard InChI is InChI=1S/C29H28N2O6/c1-5-37-24-14-9-20(15-17(24)2)27(33)25-26(19-7-6-8-23(16-19)36-4)31(29(35)28(25)34)22-12-10-21(11-13-22)30-18(3)32/h6-16,26,33H,5H2,1-4H3,(H,30,32)/b27-25-. The number of carbonyl (C=O) groups is 3. The lowest BCUT2D eigenvalue weighted by molar-refractivity contribution is -0.132. The second-order valence-corrected chi connectivity index (χ2v) is 8.59. The van der Waals surface area contributed by atoms with Crippen molar-refractivity contribution < 1.29 is 29.0 Å². The minimum atomic E-state index is -0.909. The number of aliphatic hydroxyl groups excluding tert-OH is 1. The van der Waals surface area contributed by atoms with E-state index in [-0.39, 0.29) is 17.2 Å². The van der Waals surface area contributed by atoms with Gasteiger partial charge in [-0.3, -0.25) is 19.3 Å². The Labute approximate surface area is 215 Å². The lowest BCUT2D eigenvalue weighted by Crippen LogP contribution is -2.29. The third kappa shape index (κ3) is 5.04. The number of rotatable bonds is 7. The zero-order chi connectivity index (χ0) is 26.7. The topological polar surface area (TPSA) is 105 Å². The van der Waals surface area contributed by atoms with Crippen LogP contribution in [-0.4, -0.2) is 36.4 Å². The van der Waals surface area contributed by atoms with E-state index in [1.165, 1.54) is 18.9 Å². The van der Waals surface area contributed by atoms with Gasteiger partial charge in [-0.25, -0.2) is 0 Å². The summed E-state index contributed by atoms with van der Waals surface area (Å²) < 4.78 is 11.0. The molecule has 1 aliphatic rings. The first-order valence-electron chi connectivity index (χ1n) is 11.8. The van der Waals surface area contributed by atoms with E-state index in [1.807, 2.05) is 13.8 Å². The second-order valence-electron chi connectivity index (χ2n) is 8.59. The molecule has 0 saturated carbocycles. The van der Waals surface area contributed by atoms with Crippen molar-refractivity contribution in [2.75, 3.05) is 23.9 Å². The number of aliphatic hydroxyl groups is 1. The molecule has 0 spiro atoms. The van der Waals surface area contributed by atoms with Crippen molar-refractivity contribution in [2.45, 2.75) is 26.8 Å². The van der Waals surface area contributed by atoms with Gasteiger partial charge in [0.25, 0.3) is 11.7 Å². The molecule has 8 heteroatoms. The fourth-order valence-corrected chi connectivity index (χ4v) is 4.40. The summed E-state index contributed by atoms with van der Waals surface area (Å²) in [6.45, 7) is 5.62. The first kappa shape index (κ1) is 25.5. The molecule has 0 bridgehead atoms. The molecule has 1 atom stereocenters. The molecule has 8 nitrogen and oxygen atoms in total. The van der Waals surface area contributed by atoms with Gasteiger partial charge in [0.15, 0.2) is 0 Å². The van der Waals surface area contributed by atoms with Crippen LogP contribution in [0, 0.1) is 6.92 Å². The predicted molar refractivity (Wildman–Crippen MR) is 141 cm³/mol. The number of anilines is 2. The minimum Gasteiger partial charge on any atom is -0.507 e. The van der Waals surface area contributed by atoms with Crippen molar-refractivity contribution in [3.63, 3.8) is 0 Å². The highest BCUT2D eigenvalue weighted by Gasteiger charge is 2.47. The number of nitrogens with zero attached hydrogens (tertiary/aromatic N) is 1. The van der Waals surface area contributed by atoms with Gasteiger partial charge in [0, 0.05) is 23.9 Å². The van der Waals surface area contributed by atoms with E-state index in [0.29, 0.717) is 40.6 Å². The molecule has 1 fully saturated rings. The number of methoxy groups -OCH3 is 1. The molecule has 3 aromatic carbocycles. The van der Waals surface area contributed by atoms with Crippen LogP contribution in [0.15, 0.2) is 72.3 Å². The van der Waals surface area contributed by atoms with Gasteiger partial charge in [-0.05, 0) is 79.6 Å². The number of nitrogens with one attached hydrogen (secondary N) is 1. The first-order chi connectivity index (χ1) is 17.7. The number of carbonyl (C=O) groups excluding carboxylic acids is 3. The molecule has 1 aliphatic heterocycles. The molecular weight excluding hydrogens is 472 g/mol. The number of hydrogen-bond donors (Lipinski definition) is 2. The quantitative estimate of drug-likeness (QED) is 0.269. The van der Waals surface area contributed by atoms with E-state index in [4.69, 9.17) is 9.47 Å². The van der Waals surface area contributed by atoms with Gasteiger partial charge >= 0.3 is 0 Å². The van der Waals surface area contributed by atoms with Crippen LogP contribution in [0.25, 0.3) is 5.76 Å². The van der Waals surface area contributed by atoms with Crippen molar-refractivity contribution in [1.29, 1.82) is 0 Å². The molecule has 3 aromatic rings. The number of hydrogen-bond acceptors (Lipinski definition) is 6. The minimum absolute atomic E-state index is 0.0345. The SMILES string of the molecule is CCOc1ccc(/C(O)=C2/C(=O)C(=O)N(c3ccc(NC(C)=O)cc3)C2c2cccc(OC)c2)cc1C. The van der Waals surface area contributed by atoms with Crippen molar-refractivity contribution in [2.24, 2.45) is 0 Å². The zero-order valence-electron chi connectivity index (χ0n) is 21.1. The lowest BCUT2D eigenvalue weighted by Gasteiger charge is -2.26. The Hall–Kier alpha value is -4.59. The highest BCUT2D eigenvalue weighted by molar-refractivity contribution is 6.51. The van der Waals surface area contributed by atoms with Crippen molar-refractivity contribution in [3.8, 4) is 11.5 Å². The Bertz CT molecular complexity index is 1390. The van der Waals surface area contributed by atoms with E-state index in [2.05, 4.69) is 5.32 Å². The Kier molecular flexibility index (Phi) is 7.29. The van der Waals surface area contributed by atoms with Gasteiger partial charge in [0.2, 0.25) is 5.91 Å². The molecule has 2 N–H and O–H groups in total. The largest absolute Gasteiger partial charge is 0.507 e. The molecule has 2 amide bonds. The van der Waals surface area contributed by atoms with E-state index in [9.17, 15) is 19.5 Å². The third-order valence-corrected chi connectivity index (χ3v) is 6.07. The van der Waals surface area contributed by atoms with Crippen molar-refractivity contribution >= 4 is 34.7 Å². The summed E-state index contributed by atoms with van der Waals surface area (Å²) in [5.41, 5.74) is 2.72. The van der Waals surface area contributed by atoms with Gasteiger partial charge in [-0.15, -0.1) is 0 Å². The van der Waals surface area contributed by atoms with Gasteiger partial charge in [0.05, 0.1) is 25.3 Å². The molecular formula is C29H28N2O6. The molecule has 1 heterocycles. The first-order valence-corrected chi connectivity index (χ1v) is 11.8. The van der Waals surface area contributed by atoms with Crippen molar-refractivity contribution in [1.82, 2.24) is 0 Å².